The van der Waals surface area contributed by atoms with Crippen LogP contribution in [0, 0.1) is 0 Å². The van der Waals surface area contributed by atoms with Crippen LogP contribution in [0.2, 0.25) is 0 Å². The van der Waals surface area contributed by atoms with Crippen LogP contribution in [0.15, 0.2) is 36.7 Å². The molecule has 1 heterocycles. The van der Waals surface area contributed by atoms with Crippen molar-refractivity contribution in [1.82, 2.24) is 14.8 Å². The summed E-state index contributed by atoms with van der Waals surface area (Å²) in [6.07, 6.45) is 1.58. The zero-order valence-corrected chi connectivity index (χ0v) is 8.11. The minimum atomic E-state index is -0.507. The number of benzene rings is 1. The minimum absolute atomic E-state index is 0.147. The number of hydrogen-bond acceptors (Lipinski definition) is 4. The highest BCUT2D eigenvalue weighted by molar-refractivity contribution is 5.32. The Bertz CT molecular complexity index is 426. The Morgan fingerprint density at radius 2 is 2.07 bits per heavy atom. The van der Waals surface area contributed by atoms with Gasteiger partial charge in [0.2, 0.25) is 0 Å². The van der Waals surface area contributed by atoms with Crippen molar-refractivity contribution in [3.8, 4) is 5.69 Å². The van der Waals surface area contributed by atoms with Crippen molar-refractivity contribution in [2.45, 2.75) is 6.04 Å². The van der Waals surface area contributed by atoms with E-state index in [0.29, 0.717) is 5.82 Å². The van der Waals surface area contributed by atoms with Gasteiger partial charge in [0.15, 0.2) is 5.82 Å². The van der Waals surface area contributed by atoms with Gasteiger partial charge in [-0.1, -0.05) is 18.2 Å². The summed E-state index contributed by atoms with van der Waals surface area (Å²) in [6.45, 7) is -0.147. The first-order valence-electron chi connectivity index (χ1n) is 4.64. The third-order valence-corrected chi connectivity index (χ3v) is 2.14. The van der Waals surface area contributed by atoms with E-state index >= 15 is 0 Å². The van der Waals surface area contributed by atoms with Crippen molar-refractivity contribution in [3.63, 3.8) is 0 Å². The second kappa shape index (κ2) is 4.20. The molecule has 0 radical (unpaired) electrons. The van der Waals surface area contributed by atoms with Crippen LogP contribution in [-0.2, 0) is 0 Å². The normalized spacial score (nSPS) is 12.7. The first-order chi connectivity index (χ1) is 7.33. The first-order valence-corrected chi connectivity index (χ1v) is 4.64. The highest BCUT2D eigenvalue weighted by Crippen LogP contribution is 2.12. The van der Waals surface area contributed by atoms with Crippen LogP contribution in [0.1, 0.15) is 11.9 Å². The largest absolute Gasteiger partial charge is 0.394 e. The highest BCUT2D eigenvalue weighted by atomic mass is 16.3. The Hall–Kier alpha value is -1.72. The molecule has 1 aromatic heterocycles. The van der Waals surface area contributed by atoms with Gasteiger partial charge >= 0.3 is 0 Å². The van der Waals surface area contributed by atoms with Gasteiger partial charge in [-0.2, -0.15) is 0 Å². The van der Waals surface area contributed by atoms with Gasteiger partial charge in [0.25, 0.3) is 0 Å². The van der Waals surface area contributed by atoms with Crippen molar-refractivity contribution in [2.75, 3.05) is 6.61 Å². The van der Waals surface area contributed by atoms with E-state index < -0.39 is 6.04 Å². The Kier molecular flexibility index (Phi) is 2.75. The van der Waals surface area contributed by atoms with E-state index in [1.165, 1.54) is 0 Å². The maximum atomic E-state index is 8.97. The van der Waals surface area contributed by atoms with E-state index in [2.05, 4.69) is 10.2 Å². The van der Waals surface area contributed by atoms with Gasteiger partial charge in [0, 0.05) is 5.69 Å². The molecular formula is C10H12N4O. The summed E-state index contributed by atoms with van der Waals surface area (Å²) in [4.78, 5) is 0. The van der Waals surface area contributed by atoms with Crippen LogP contribution < -0.4 is 5.73 Å². The summed E-state index contributed by atoms with van der Waals surface area (Å²) in [6, 6.07) is 9.12. The third-order valence-electron chi connectivity index (χ3n) is 2.14. The fraction of sp³-hybridized carbons (Fsp3) is 0.200. The Morgan fingerprint density at radius 1 is 1.33 bits per heavy atom. The number of aliphatic hydroxyl groups is 1. The number of nitrogens with two attached hydrogens (primary N) is 1. The van der Waals surface area contributed by atoms with Gasteiger partial charge in [-0.15, -0.1) is 10.2 Å². The molecule has 15 heavy (non-hydrogen) atoms. The van der Waals surface area contributed by atoms with Gasteiger partial charge in [0.1, 0.15) is 6.33 Å². The molecule has 0 unspecified atom stereocenters. The molecule has 0 spiro atoms. The fourth-order valence-electron chi connectivity index (χ4n) is 1.37. The summed E-state index contributed by atoms with van der Waals surface area (Å²) in [5, 5.41) is 16.7. The molecule has 0 aliphatic heterocycles. The first kappa shape index (κ1) is 9.82. The standard InChI is InChI=1S/C10H12N4O/c11-9(6-15)10-13-12-7-14(10)8-4-2-1-3-5-8/h1-5,7,9,15H,6,11H2/t9-/m0/s1. The maximum absolute atomic E-state index is 8.97. The molecule has 0 bridgehead atoms. The van der Waals surface area contributed by atoms with E-state index in [9.17, 15) is 0 Å². The SMILES string of the molecule is N[C@@H](CO)c1nncn1-c1ccccc1. The van der Waals surface area contributed by atoms with Crippen molar-refractivity contribution in [1.29, 1.82) is 0 Å². The second-order valence-corrected chi connectivity index (χ2v) is 3.18. The van der Waals surface area contributed by atoms with Crippen molar-refractivity contribution in [3.05, 3.63) is 42.5 Å². The van der Waals surface area contributed by atoms with E-state index in [0.717, 1.165) is 5.69 Å². The molecule has 0 amide bonds. The lowest BCUT2D eigenvalue weighted by molar-refractivity contribution is 0.262. The molecule has 1 atom stereocenters. The Labute approximate surface area is 87.2 Å². The topological polar surface area (TPSA) is 77.0 Å². The van der Waals surface area contributed by atoms with Crippen molar-refractivity contribution < 1.29 is 5.11 Å². The predicted molar refractivity (Wildman–Crippen MR) is 55.4 cm³/mol. The number of aromatic nitrogens is 3. The highest BCUT2D eigenvalue weighted by Gasteiger charge is 2.13. The molecule has 0 aliphatic rings. The molecule has 0 saturated heterocycles. The van der Waals surface area contributed by atoms with Gasteiger partial charge in [0.05, 0.1) is 12.6 Å². The molecular weight excluding hydrogens is 192 g/mol. The van der Waals surface area contributed by atoms with Crippen LogP contribution in [0.3, 0.4) is 0 Å². The lowest BCUT2D eigenvalue weighted by Gasteiger charge is -2.09. The van der Waals surface area contributed by atoms with E-state index in [1.54, 1.807) is 10.9 Å². The second-order valence-electron chi connectivity index (χ2n) is 3.18. The number of rotatable bonds is 3. The van der Waals surface area contributed by atoms with Gasteiger partial charge in [-0.3, -0.25) is 4.57 Å². The monoisotopic (exact) mass is 204 g/mol. The molecule has 5 heteroatoms. The fourth-order valence-corrected chi connectivity index (χ4v) is 1.37. The molecule has 5 nitrogen and oxygen atoms in total. The van der Waals surface area contributed by atoms with E-state index in [4.69, 9.17) is 10.8 Å². The number of hydrogen-bond donors (Lipinski definition) is 2. The molecule has 2 aromatic rings. The smallest absolute Gasteiger partial charge is 0.156 e. The van der Waals surface area contributed by atoms with Crippen LogP contribution in [0.5, 0.6) is 0 Å². The van der Waals surface area contributed by atoms with E-state index in [1.807, 2.05) is 30.3 Å². The summed E-state index contributed by atoms with van der Waals surface area (Å²) in [5.74, 6) is 0.559. The van der Waals surface area contributed by atoms with Crippen LogP contribution >= 0.6 is 0 Å². The average molecular weight is 204 g/mol. The summed E-state index contributed by atoms with van der Waals surface area (Å²) in [5.41, 5.74) is 6.64. The lowest BCUT2D eigenvalue weighted by atomic mass is 10.3. The lowest BCUT2D eigenvalue weighted by Crippen LogP contribution is -2.19. The predicted octanol–water partition coefficient (Wildman–Crippen LogP) is 0.259. The van der Waals surface area contributed by atoms with Crippen LogP contribution in [0.4, 0.5) is 0 Å². The number of para-hydroxylation sites is 1. The maximum Gasteiger partial charge on any atom is 0.156 e. The zero-order valence-electron chi connectivity index (χ0n) is 8.11. The molecule has 0 saturated carbocycles. The Morgan fingerprint density at radius 3 is 2.73 bits per heavy atom. The molecule has 0 aliphatic carbocycles. The molecule has 0 fully saturated rings. The zero-order chi connectivity index (χ0) is 10.7. The van der Waals surface area contributed by atoms with Gasteiger partial charge < -0.3 is 10.8 Å². The molecule has 3 N–H and O–H groups in total. The summed E-state index contributed by atoms with van der Waals surface area (Å²) in [7, 11) is 0. The van der Waals surface area contributed by atoms with E-state index in [-0.39, 0.29) is 6.61 Å². The van der Waals surface area contributed by atoms with Crippen molar-refractivity contribution in [2.24, 2.45) is 5.73 Å². The van der Waals surface area contributed by atoms with Crippen LogP contribution in [-0.4, -0.2) is 26.5 Å². The summed E-state index contributed by atoms with van der Waals surface area (Å²) >= 11 is 0. The average Bonchev–Trinajstić information content (AvgIpc) is 2.78. The van der Waals surface area contributed by atoms with Crippen LogP contribution in [0.25, 0.3) is 5.69 Å². The molecule has 2 rings (SSSR count). The molecule has 1 aromatic carbocycles. The quantitative estimate of drug-likeness (QED) is 0.751. The minimum Gasteiger partial charge on any atom is -0.394 e. The third kappa shape index (κ3) is 1.88. The van der Waals surface area contributed by atoms with Gasteiger partial charge in [-0.05, 0) is 12.1 Å². The van der Waals surface area contributed by atoms with Gasteiger partial charge in [-0.25, -0.2) is 0 Å². The number of aliphatic hydroxyl groups excluding tert-OH is 1. The Balaban J connectivity index is 2.41. The summed E-state index contributed by atoms with van der Waals surface area (Å²) < 4.78 is 1.76. The number of nitrogens with zero attached hydrogens (tertiary/aromatic N) is 3. The van der Waals surface area contributed by atoms with Crippen molar-refractivity contribution >= 4 is 0 Å². The molecule has 78 valence electrons.